The molecular weight excluding hydrogens is 223 g/mol. The molecule has 0 fully saturated rings. The summed E-state index contributed by atoms with van der Waals surface area (Å²) in [5, 5.41) is 0. The van der Waals surface area contributed by atoms with Crippen molar-refractivity contribution in [2.75, 3.05) is 0 Å². The summed E-state index contributed by atoms with van der Waals surface area (Å²) in [7, 11) is 0. The maximum Gasteiger partial charge on any atom is 0.559 e. The van der Waals surface area contributed by atoms with Crippen molar-refractivity contribution in [3.63, 3.8) is 0 Å². The zero-order chi connectivity index (χ0) is 11.9. The summed E-state index contributed by atoms with van der Waals surface area (Å²) in [5.74, 6) is -0.958. The van der Waals surface area contributed by atoms with E-state index in [9.17, 15) is 26.9 Å². The van der Waals surface area contributed by atoms with Crippen LogP contribution in [0, 0.1) is 0 Å². The van der Waals surface area contributed by atoms with E-state index in [1.807, 2.05) is 0 Å². The quantitative estimate of drug-likeness (QED) is 0.690. The average Bonchev–Trinajstić information content (AvgIpc) is 2.15. The molecule has 1 aromatic carbocycles. The van der Waals surface area contributed by atoms with E-state index in [0.29, 0.717) is 0 Å². The Bertz CT molecular complexity index is 290. The van der Waals surface area contributed by atoms with Crippen LogP contribution >= 0.6 is 0 Å². The Kier molecular flexibility index (Phi) is 5.29. The van der Waals surface area contributed by atoms with Crippen molar-refractivity contribution in [2.24, 2.45) is 0 Å². The van der Waals surface area contributed by atoms with Gasteiger partial charge in [-0.25, -0.2) is 9.74 Å². The summed E-state index contributed by atoms with van der Waals surface area (Å²) < 4.78 is 50.0. The molecule has 15 heavy (non-hydrogen) atoms. The van der Waals surface area contributed by atoms with Crippen LogP contribution in [0.5, 0.6) is 0 Å². The maximum absolute atomic E-state index is 11.2. The molecule has 0 aliphatic carbocycles. The van der Waals surface area contributed by atoms with E-state index in [4.69, 9.17) is 0 Å². The van der Waals surface area contributed by atoms with Crippen molar-refractivity contribution in [2.45, 2.75) is 6.43 Å². The fraction of sp³-hybridized carbons (Fsp3) is 0.125. The zero-order valence-electron chi connectivity index (χ0n) is 7.09. The van der Waals surface area contributed by atoms with Gasteiger partial charge in [0.2, 0.25) is 0 Å². The second-order valence-corrected chi connectivity index (χ2v) is 2.16. The van der Waals surface area contributed by atoms with Crippen LogP contribution in [0.2, 0.25) is 0 Å². The summed E-state index contributed by atoms with van der Waals surface area (Å²) in [5.41, 5.74) is 0.213. The van der Waals surface area contributed by atoms with Crippen LogP contribution in [-0.2, 0) is 4.94 Å². The lowest BCUT2D eigenvalue weighted by Gasteiger charge is -1.90. The first-order chi connectivity index (χ1) is 6.84. The monoisotopic (exact) mass is 228 g/mol. The molecule has 0 N–H and O–H groups in total. The molecule has 0 aliphatic rings. The lowest BCUT2D eigenvalue weighted by atomic mass is 10.2. The van der Waals surface area contributed by atoms with Crippen molar-refractivity contribution in [3.05, 3.63) is 35.9 Å². The SMILES string of the molecule is FC(F)(F)F.O=C(OF)c1ccccc1. The van der Waals surface area contributed by atoms with Crippen molar-refractivity contribution in [1.29, 1.82) is 0 Å². The van der Waals surface area contributed by atoms with Gasteiger partial charge in [0.15, 0.2) is 0 Å². The highest BCUT2D eigenvalue weighted by Crippen LogP contribution is 2.13. The molecule has 0 unspecified atom stereocenters. The van der Waals surface area contributed by atoms with Crippen LogP contribution in [0.1, 0.15) is 10.4 Å². The molecule has 0 saturated carbocycles. The van der Waals surface area contributed by atoms with Crippen LogP contribution in [0.4, 0.5) is 22.1 Å². The maximum atomic E-state index is 11.2. The van der Waals surface area contributed by atoms with E-state index < -0.39 is 12.4 Å². The zero-order valence-corrected chi connectivity index (χ0v) is 7.09. The first-order valence-electron chi connectivity index (χ1n) is 3.48. The van der Waals surface area contributed by atoms with E-state index in [1.165, 1.54) is 12.1 Å². The smallest absolute Gasteiger partial charge is 0.249 e. The predicted octanol–water partition coefficient (Wildman–Crippen LogP) is 3.20. The predicted molar refractivity (Wildman–Crippen MR) is 40.1 cm³/mol. The Balaban J connectivity index is 0.000000336. The number of rotatable bonds is 1. The summed E-state index contributed by atoms with van der Waals surface area (Å²) in [6.07, 6.45) is -5.50. The van der Waals surface area contributed by atoms with E-state index >= 15 is 0 Å². The number of carbonyl (C=O) groups excluding carboxylic acids is 1. The van der Waals surface area contributed by atoms with Crippen LogP contribution < -0.4 is 0 Å². The van der Waals surface area contributed by atoms with Gasteiger partial charge in [0.05, 0.1) is 5.56 Å². The molecule has 0 amide bonds. The third-order valence-electron chi connectivity index (χ3n) is 1.08. The highest BCUT2D eigenvalue weighted by molar-refractivity contribution is 5.88. The minimum absolute atomic E-state index is 0.213. The molecule has 1 rings (SSSR count). The first kappa shape index (κ1) is 13.3. The van der Waals surface area contributed by atoms with Gasteiger partial charge >= 0.3 is 12.4 Å². The standard InChI is InChI=1S/C7H5FO2.CF4/c8-10-7(9)6-4-2-1-3-5-6;2-1(3,4)5/h1-5H;. The molecule has 0 saturated heterocycles. The van der Waals surface area contributed by atoms with Crippen LogP contribution in [0.15, 0.2) is 30.3 Å². The topological polar surface area (TPSA) is 26.3 Å². The third-order valence-corrected chi connectivity index (χ3v) is 1.08. The second-order valence-electron chi connectivity index (χ2n) is 2.16. The summed E-state index contributed by atoms with van der Waals surface area (Å²) in [6, 6.07) is 7.94. The van der Waals surface area contributed by atoms with Gasteiger partial charge in [-0.1, -0.05) is 18.2 Å². The molecule has 7 heteroatoms. The minimum Gasteiger partial charge on any atom is -0.249 e. The number of carbonyl (C=O) groups is 1. The van der Waals surface area contributed by atoms with Gasteiger partial charge in [-0.3, -0.25) is 0 Å². The molecule has 84 valence electrons. The lowest BCUT2D eigenvalue weighted by molar-refractivity contribution is -0.237. The van der Waals surface area contributed by atoms with Crippen molar-refractivity contribution in [1.82, 2.24) is 0 Å². The van der Waals surface area contributed by atoms with Crippen molar-refractivity contribution in [3.8, 4) is 0 Å². The van der Waals surface area contributed by atoms with Crippen LogP contribution in [0.25, 0.3) is 0 Å². The molecule has 0 atom stereocenters. The summed E-state index contributed by atoms with van der Waals surface area (Å²) in [6.45, 7) is 0. The van der Waals surface area contributed by atoms with Gasteiger partial charge in [0, 0.05) is 4.53 Å². The Morgan fingerprint density at radius 2 is 1.47 bits per heavy atom. The van der Waals surface area contributed by atoms with E-state index in [-0.39, 0.29) is 5.56 Å². The number of halogens is 5. The minimum atomic E-state index is -5.50. The highest BCUT2D eigenvalue weighted by Gasteiger charge is 2.24. The molecule has 1 aromatic rings. The van der Waals surface area contributed by atoms with Gasteiger partial charge in [-0.05, 0) is 12.1 Å². The Hall–Kier alpha value is -1.66. The second kappa shape index (κ2) is 5.94. The number of hydrogen-bond donors (Lipinski definition) is 0. The highest BCUT2D eigenvalue weighted by atomic mass is 19.5. The molecular formula is C8H5F5O2. The van der Waals surface area contributed by atoms with Gasteiger partial charge < -0.3 is 0 Å². The fourth-order valence-electron chi connectivity index (χ4n) is 0.619. The summed E-state index contributed by atoms with van der Waals surface area (Å²) >= 11 is 0. The molecule has 2 nitrogen and oxygen atoms in total. The molecule has 0 spiro atoms. The Labute approximate surface area is 81.2 Å². The average molecular weight is 228 g/mol. The normalized spacial score (nSPS) is 9.93. The Morgan fingerprint density at radius 3 is 1.80 bits per heavy atom. The van der Waals surface area contributed by atoms with Crippen molar-refractivity contribution < 1.29 is 31.8 Å². The summed E-state index contributed by atoms with van der Waals surface area (Å²) in [4.78, 5) is 13.4. The molecule has 0 aliphatic heterocycles. The van der Waals surface area contributed by atoms with Gasteiger partial charge in [0.25, 0.3) is 0 Å². The lowest BCUT2D eigenvalue weighted by Crippen LogP contribution is -1.96. The van der Waals surface area contributed by atoms with Gasteiger partial charge in [0.1, 0.15) is 0 Å². The number of alkyl halides is 4. The van der Waals surface area contributed by atoms with Crippen LogP contribution in [-0.4, -0.2) is 12.4 Å². The van der Waals surface area contributed by atoms with Gasteiger partial charge in [-0.15, -0.1) is 17.6 Å². The number of benzene rings is 1. The molecule has 0 aromatic heterocycles. The number of hydrogen-bond acceptors (Lipinski definition) is 2. The molecule has 0 radical (unpaired) electrons. The van der Waals surface area contributed by atoms with Crippen molar-refractivity contribution >= 4 is 5.97 Å². The molecule has 0 heterocycles. The largest absolute Gasteiger partial charge is 0.559 e. The first-order valence-corrected chi connectivity index (χ1v) is 3.48. The van der Waals surface area contributed by atoms with E-state index in [2.05, 4.69) is 4.94 Å². The molecule has 0 bridgehead atoms. The van der Waals surface area contributed by atoms with Crippen LogP contribution in [0.3, 0.4) is 0 Å². The van der Waals surface area contributed by atoms with Gasteiger partial charge in [-0.2, -0.15) is 0 Å². The third kappa shape index (κ3) is 8.66. The van der Waals surface area contributed by atoms with E-state index in [1.54, 1.807) is 18.2 Å². The fourth-order valence-corrected chi connectivity index (χ4v) is 0.619. The van der Waals surface area contributed by atoms with E-state index in [0.717, 1.165) is 0 Å². The Morgan fingerprint density at radius 1 is 1.07 bits per heavy atom.